The molecule has 4 aromatic rings. The fourth-order valence-corrected chi connectivity index (χ4v) is 5.05. The number of hydrogen-bond donors (Lipinski definition) is 1. The van der Waals surface area contributed by atoms with Gasteiger partial charge in [0.15, 0.2) is 0 Å². The molecule has 1 atom stereocenters. The number of pyridine rings is 1. The van der Waals surface area contributed by atoms with Gasteiger partial charge in [-0.3, -0.25) is 9.78 Å². The highest BCUT2D eigenvalue weighted by Crippen LogP contribution is 2.29. The Kier molecular flexibility index (Phi) is 7.30. The van der Waals surface area contributed by atoms with Gasteiger partial charge in [0.05, 0.1) is 23.9 Å². The molecule has 1 unspecified atom stereocenters. The summed E-state index contributed by atoms with van der Waals surface area (Å²) in [5.41, 5.74) is 5.12. The molecule has 3 heterocycles. The van der Waals surface area contributed by atoms with Gasteiger partial charge in [0.25, 0.3) is 0 Å². The molecule has 7 heteroatoms. The molecule has 2 aromatic heterocycles. The Balaban J connectivity index is 1.28. The third kappa shape index (κ3) is 5.40. The van der Waals surface area contributed by atoms with Crippen molar-refractivity contribution in [2.75, 3.05) is 24.6 Å². The molecule has 5 rings (SSSR count). The Morgan fingerprint density at radius 2 is 1.81 bits per heavy atom. The number of carbonyl (C=O) groups is 1. The number of nitrogens with zero attached hydrogens (tertiary/aromatic N) is 4. The average molecular weight is 496 g/mol. The van der Waals surface area contributed by atoms with Crippen molar-refractivity contribution >= 4 is 22.8 Å². The van der Waals surface area contributed by atoms with Crippen LogP contribution in [0.5, 0.6) is 5.75 Å². The topological polar surface area (TPSA) is 80.2 Å². The molecule has 0 radical (unpaired) electrons. The summed E-state index contributed by atoms with van der Waals surface area (Å²) >= 11 is 0. The van der Waals surface area contributed by atoms with Crippen molar-refractivity contribution in [2.45, 2.75) is 39.7 Å². The van der Waals surface area contributed by atoms with E-state index in [-0.39, 0.29) is 17.9 Å². The average Bonchev–Trinajstić information content (AvgIpc) is 2.93. The zero-order valence-corrected chi connectivity index (χ0v) is 21.6. The van der Waals surface area contributed by atoms with Crippen molar-refractivity contribution in [3.05, 3.63) is 89.4 Å². The summed E-state index contributed by atoms with van der Waals surface area (Å²) in [6, 6.07) is 17.9. The van der Waals surface area contributed by atoms with Gasteiger partial charge >= 0.3 is 0 Å². The quantitative estimate of drug-likeness (QED) is 0.381. The first-order chi connectivity index (χ1) is 18.0. The van der Waals surface area contributed by atoms with Crippen LogP contribution in [0.1, 0.15) is 48.2 Å². The van der Waals surface area contributed by atoms with E-state index < -0.39 is 0 Å². The minimum atomic E-state index is -0.206. The van der Waals surface area contributed by atoms with Crippen LogP contribution < -0.4 is 15.0 Å². The molecule has 2 aromatic carbocycles. The van der Waals surface area contributed by atoms with Gasteiger partial charge in [0.2, 0.25) is 11.9 Å². The van der Waals surface area contributed by atoms with Gasteiger partial charge in [-0.05, 0) is 80.6 Å². The molecule has 1 saturated heterocycles. The van der Waals surface area contributed by atoms with Gasteiger partial charge in [0, 0.05) is 36.8 Å². The van der Waals surface area contributed by atoms with Crippen LogP contribution >= 0.6 is 0 Å². The fraction of sp³-hybridized carbons (Fsp3) is 0.333. The van der Waals surface area contributed by atoms with E-state index in [4.69, 9.17) is 14.7 Å². The van der Waals surface area contributed by atoms with E-state index >= 15 is 0 Å². The molecule has 0 saturated carbocycles. The monoisotopic (exact) mass is 495 g/mol. The van der Waals surface area contributed by atoms with Gasteiger partial charge < -0.3 is 15.0 Å². The summed E-state index contributed by atoms with van der Waals surface area (Å²) in [6.07, 6.45) is 5.06. The van der Waals surface area contributed by atoms with E-state index in [9.17, 15) is 4.79 Å². The molecule has 1 amide bonds. The van der Waals surface area contributed by atoms with E-state index in [0.29, 0.717) is 6.61 Å². The van der Waals surface area contributed by atoms with E-state index in [1.165, 1.54) is 0 Å². The second-order valence-corrected chi connectivity index (χ2v) is 9.56. The molecule has 0 spiro atoms. The summed E-state index contributed by atoms with van der Waals surface area (Å²) in [6.45, 7) is 8.17. The third-order valence-electron chi connectivity index (χ3n) is 7.13. The molecule has 1 N–H and O–H groups in total. The first-order valence-electron chi connectivity index (χ1n) is 13.0. The summed E-state index contributed by atoms with van der Waals surface area (Å²) in [5.74, 6) is 1.59. The van der Waals surface area contributed by atoms with Crippen LogP contribution in [0.15, 0.2) is 67.0 Å². The van der Waals surface area contributed by atoms with E-state index in [1.54, 1.807) is 12.4 Å². The van der Waals surface area contributed by atoms with Gasteiger partial charge in [0.1, 0.15) is 5.75 Å². The number of carbonyl (C=O) groups excluding carboxylic acids is 1. The summed E-state index contributed by atoms with van der Waals surface area (Å²) in [4.78, 5) is 29.4. The summed E-state index contributed by atoms with van der Waals surface area (Å²) in [5, 5.41) is 4.34. The number of ether oxygens (including phenoxy) is 1. The van der Waals surface area contributed by atoms with E-state index in [2.05, 4.69) is 34.3 Å². The molecule has 37 heavy (non-hydrogen) atoms. The van der Waals surface area contributed by atoms with Gasteiger partial charge in [-0.15, -0.1) is 0 Å². The Bertz CT molecular complexity index is 1380. The molecular weight excluding hydrogens is 462 g/mol. The number of aromatic nitrogens is 3. The molecule has 0 aliphatic carbocycles. The number of aryl methyl sites for hydroxylation is 2. The van der Waals surface area contributed by atoms with Crippen molar-refractivity contribution in [1.29, 1.82) is 0 Å². The van der Waals surface area contributed by atoms with Crippen LogP contribution in [0.3, 0.4) is 0 Å². The van der Waals surface area contributed by atoms with Crippen molar-refractivity contribution < 1.29 is 9.53 Å². The number of anilines is 1. The Morgan fingerprint density at radius 1 is 1.05 bits per heavy atom. The lowest BCUT2D eigenvalue weighted by Crippen LogP contribution is -2.42. The second kappa shape index (κ2) is 10.9. The first kappa shape index (κ1) is 24.7. The smallest absolute Gasteiger partial charge is 0.226 e. The number of piperidine rings is 1. The van der Waals surface area contributed by atoms with Crippen LogP contribution in [0.4, 0.5) is 5.95 Å². The predicted molar refractivity (Wildman–Crippen MR) is 146 cm³/mol. The number of rotatable bonds is 7. The SMILES string of the molecule is CCOc1ccc2nc(N3CCC(C(=O)NC(c4ccncc4)c4ccccc4C)CC3)nc(C)c2c1. The number of nitrogens with one attached hydrogen (secondary N) is 1. The van der Waals surface area contributed by atoms with Gasteiger partial charge in [-0.25, -0.2) is 9.97 Å². The Morgan fingerprint density at radius 3 is 2.54 bits per heavy atom. The number of benzene rings is 2. The minimum Gasteiger partial charge on any atom is -0.494 e. The van der Waals surface area contributed by atoms with Crippen LogP contribution in [0.2, 0.25) is 0 Å². The molecule has 0 bridgehead atoms. The molecule has 190 valence electrons. The van der Waals surface area contributed by atoms with Gasteiger partial charge in [-0.1, -0.05) is 24.3 Å². The lowest BCUT2D eigenvalue weighted by Gasteiger charge is -2.32. The minimum absolute atomic E-state index is 0.0556. The lowest BCUT2D eigenvalue weighted by atomic mass is 9.92. The van der Waals surface area contributed by atoms with Crippen molar-refractivity contribution in [1.82, 2.24) is 20.3 Å². The van der Waals surface area contributed by atoms with Crippen molar-refractivity contribution in [2.24, 2.45) is 5.92 Å². The largest absolute Gasteiger partial charge is 0.494 e. The first-order valence-corrected chi connectivity index (χ1v) is 13.0. The highest BCUT2D eigenvalue weighted by molar-refractivity contribution is 5.83. The maximum absolute atomic E-state index is 13.4. The van der Waals surface area contributed by atoms with E-state index in [0.717, 1.165) is 70.9 Å². The highest BCUT2D eigenvalue weighted by Gasteiger charge is 2.29. The maximum atomic E-state index is 13.4. The Hall–Kier alpha value is -4.00. The van der Waals surface area contributed by atoms with Crippen LogP contribution in [0, 0.1) is 19.8 Å². The zero-order valence-electron chi connectivity index (χ0n) is 21.6. The molecule has 1 aliphatic heterocycles. The fourth-order valence-electron chi connectivity index (χ4n) is 5.05. The van der Waals surface area contributed by atoms with Crippen molar-refractivity contribution in [3.8, 4) is 5.75 Å². The standard InChI is InChI=1S/C30H33N5O2/c1-4-37-24-9-10-27-26(19-24)21(3)32-30(33-27)35-17-13-23(14-18-35)29(36)34-28(22-11-15-31-16-12-22)25-8-6-5-7-20(25)2/h5-12,15-16,19,23,28H,4,13-14,17-18H2,1-3H3,(H,34,36). The maximum Gasteiger partial charge on any atom is 0.226 e. The lowest BCUT2D eigenvalue weighted by molar-refractivity contribution is -0.126. The van der Waals surface area contributed by atoms with Gasteiger partial charge in [-0.2, -0.15) is 0 Å². The van der Waals surface area contributed by atoms with Crippen LogP contribution in [-0.4, -0.2) is 40.6 Å². The predicted octanol–water partition coefficient (Wildman–Crippen LogP) is 5.16. The number of fused-ring (bicyclic) bond motifs is 1. The second-order valence-electron chi connectivity index (χ2n) is 9.56. The normalized spacial score (nSPS) is 14.9. The molecular formula is C30H33N5O2. The van der Waals surface area contributed by atoms with Crippen LogP contribution in [-0.2, 0) is 4.79 Å². The van der Waals surface area contributed by atoms with Crippen molar-refractivity contribution in [3.63, 3.8) is 0 Å². The van der Waals surface area contributed by atoms with Crippen LogP contribution in [0.25, 0.3) is 10.9 Å². The summed E-state index contributed by atoms with van der Waals surface area (Å²) < 4.78 is 5.63. The Labute approximate surface area is 217 Å². The number of amides is 1. The third-order valence-corrected chi connectivity index (χ3v) is 7.13. The zero-order chi connectivity index (χ0) is 25.8. The van der Waals surface area contributed by atoms with E-state index in [1.807, 2.05) is 56.3 Å². The highest BCUT2D eigenvalue weighted by atomic mass is 16.5. The number of hydrogen-bond acceptors (Lipinski definition) is 6. The molecule has 7 nitrogen and oxygen atoms in total. The molecule has 1 aliphatic rings. The molecule has 1 fully saturated rings. The summed E-state index contributed by atoms with van der Waals surface area (Å²) in [7, 11) is 0.